The van der Waals surface area contributed by atoms with Crippen LogP contribution in [0.1, 0.15) is 6.42 Å². The number of hydrogen-bond donors (Lipinski definition) is 0. The van der Waals surface area contributed by atoms with E-state index in [0.717, 1.165) is 12.0 Å². The van der Waals surface area contributed by atoms with Crippen LogP contribution in [0.5, 0.6) is 0 Å². The van der Waals surface area contributed by atoms with E-state index in [0.29, 0.717) is 0 Å². The van der Waals surface area contributed by atoms with Crippen LogP contribution in [-0.4, -0.2) is 0 Å². The van der Waals surface area contributed by atoms with Crippen LogP contribution in [0.2, 0.25) is 0 Å². The first-order chi connectivity index (χ1) is 2.43. The predicted octanol–water partition coefficient (Wildman–Crippen LogP) is 0.906. The van der Waals surface area contributed by atoms with Gasteiger partial charge < -0.3 is 0 Å². The SMILES string of the molecule is [C]#CC1=CC1. The highest BCUT2D eigenvalue weighted by atomic mass is 14.0. The van der Waals surface area contributed by atoms with E-state index in [1.54, 1.807) is 0 Å². The second kappa shape index (κ2) is 0.621. The van der Waals surface area contributed by atoms with Gasteiger partial charge in [-0.25, -0.2) is 0 Å². The molecule has 1 aliphatic carbocycles. The molecule has 0 nitrogen and oxygen atoms in total. The molecule has 0 spiro atoms. The Morgan fingerprint density at radius 1 is 2.00 bits per heavy atom. The fourth-order valence-electron chi connectivity index (χ4n) is 0.153. The maximum Gasteiger partial charge on any atom is 0.00324 e. The van der Waals surface area contributed by atoms with Crippen LogP contribution in [0.15, 0.2) is 11.6 Å². The summed E-state index contributed by atoms with van der Waals surface area (Å²) in [5.74, 6) is 2.25. The second-order valence-corrected chi connectivity index (χ2v) is 1.06. The standard InChI is InChI=1S/C5H3/c1-2-5-3-4-5/h3H,4H2. The van der Waals surface area contributed by atoms with Crippen LogP contribution >= 0.6 is 0 Å². The Hall–Kier alpha value is -0.700. The molecule has 0 saturated carbocycles. The van der Waals surface area contributed by atoms with Crippen LogP contribution in [0, 0.1) is 12.3 Å². The highest BCUT2D eigenvalue weighted by Crippen LogP contribution is 2.14. The Bertz CT molecular complexity index is 102. The average Bonchev–Trinajstić information content (AvgIpc) is 2.12. The second-order valence-electron chi connectivity index (χ2n) is 1.06. The van der Waals surface area contributed by atoms with Gasteiger partial charge in [-0.15, -0.1) is 0 Å². The van der Waals surface area contributed by atoms with E-state index < -0.39 is 0 Å². The third-order valence-electron chi connectivity index (χ3n) is 0.569. The molecule has 23 valence electrons. The van der Waals surface area contributed by atoms with Crippen molar-refractivity contribution in [1.29, 1.82) is 0 Å². The van der Waals surface area contributed by atoms with Crippen LogP contribution in [-0.2, 0) is 0 Å². The van der Waals surface area contributed by atoms with Gasteiger partial charge in [-0.05, 0) is 12.8 Å². The zero-order valence-corrected chi connectivity index (χ0v) is 2.78. The van der Waals surface area contributed by atoms with E-state index in [2.05, 4.69) is 5.92 Å². The first-order valence-corrected chi connectivity index (χ1v) is 1.55. The Kier molecular flexibility index (Phi) is 0.315. The van der Waals surface area contributed by atoms with Crippen molar-refractivity contribution in [2.45, 2.75) is 6.42 Å². The summed E-state index contributed by atoms with van der Waals surface area (Å²) in [5.41, 5.74) is 1.05. The summed E-state index contributed by atoms with van der Waals surface area (Å²) < 4.78 is 0. The summed E-state index contributed by atoms with van der Waals surface area (Å²) in [6.07, 6.45) is 9.37. The molecule has 1 aliphatic rings. The van der Waals surface area contributed by atoms with E-state index in [4.69, 9.17) is 6.42 Å². The van der Waals surface area contributed by atoms with Crippen molar-refractivity contribution in [3.8, 4) is 5.92 Å². The molecule has 0 saturated heterocycles. The molecule has 0 heteroatoms. The van der Waals surface area contributed by atoms with Crippen molar-refractivity contribution < 1.29 is 0 Å². The maximum atomic E-state index is 6.40. The molecule has 5 heavy (non-hydrogen) atoms. The van der Waals surface area contributed by atoms with Gasteiger partial charge in [0.2, 0.25) is 0 Å². The van der Waals surface area contributed by atoms with Gasteiger partial charge >= 0.3 is 0 Å². The molecule has 0 heterocycles. The maximum absolute atomic E-state index is 6.40. The van der Waals surface area contributed by atoms with Crippen molar-refractivity contribution in [3.05, 3.63) is 18.1 Å². The van der Waals surface area contributed by atoms with E-state index in [1.165, 1.54) is 0 Å². The molecule has 1 rings (SSSR count). The van der Waals surface area contributed by atoms with Gasteiger partial charge in [-0.2, -0.15) is 0 Å². The minimum Gasteiger partial charge on any atom is -0.0675 e. The Morgan fingerprint density at radius 3 is 2.60 bits per heavy atom. The zero-order valence-electron chi connectivity index (χ0n) is 2.78. The lowest BCUT2D eigenvalue weighted by molar-refractivity contribution is 1.63. The predicted molar refractivity (Wildman–Crippen MR) is 19.8 cm³/mol. The third-order valence-corrected chi connectivity index (χ3v) is 0.569. The van der Waals surface area contributed by atoms with Crippen LogP contribution < -0.4 is 0 Å². The minimum absolute atomic E-state index is 1.00. The van der Waals surface area contributed by atoms with Gasteiger partial charge in [0, 0.05) is 5.57 Å². The summed E-state index contributed by atoms with van der Waals surface area (Å²) >= 11 is 0. The molecule has 0 N–H and O–H groups in total. The molecule has 0 aromatic carbocycles. The van der Waals surface area contributed by atoms with Crippen LogP contribution in [0.25, 0.3) is 0 Å². The van der Waals surface area contributed by atoms with E-state index in [9.17, 15) is 0 Å². The lowest BCUT2D eigenvalue weighted by atomic mass is 10.5. The van der Waals surface area contributed by atoms with E-state index in [1.807, 2.05) is 6.08 Å². The summed E-state index contributed by atoms with van der Waals surface area (Å²) in [5, 5.41) is 0. The summed E-state index contributed by atoms with van der Waals surface area (Å²) in [6.45, 7) is 0. The van der Waals surface area contributed by atoms with Gasteiger partial charge in [0.15, 0.2) is 0 Å². The molecule has 0 bridgehead atoms. The largest absolute Gasteiger partial charge is 0.0675 e. The third kappa shape index (κ3) is 0.302. The molecule has 1 radical (unpaired) electrons. The molecule has 0 fully saturated rings. The molecular weight excluding hydrogens is 60.1 g/mol. The summed E-state index contributed by atoms with van der Waals surface area (Å²) in [4.78, 5) is 0. The number of hydrogen-bond acceptors (Lipinski definition) is 0. The summed E-state index contributed by atoms with van der Waals surface area (Å²) in [6, 6.07) is 0. The van der Waals surface area contributed by atoms with Crippen molar-refractivity contribution in [2.24, 2.45) is 0 Å². The molecule has 0 aromatic rings. The highest BCUT2D eigenvalue weighted by molar-refractivity contribution is 5.37. The van der Waals surface area contributed by atoms with Gasteiger partial charge in [-0.1, -0.05) is 12.0 Å². The van der Waals surface area contributed by atoms with E-state index >= 15 is 0 Å². The lowest BCUT2D eigenvalue weighted by Crippen LogP contribution is -1.38. The molecule has 0 amide bonds. The Labute approximate surface area is 31.5 Å². The molecule has 0 unspecified atom stereocenters. The minimum atomic E-state index is 1.00. The van der Waals surface area contributed by atoms with Gasteiger partial charge in [0.1, 0.15) is 0 Å². The molecule has 0 atom stereocenters. The average molecular weight is 63.1 g/mol. The first kappa shape index (κ1) is 2.53. The molecule has 0 aromatic heterocycles. The monoisotopic (exact) mass is 63.0 g/mol. The molecule has 0 aliphatic heterocycles. The normalized spacial score (nSPS) is 16.2. The van der Waals surface area contributed by atoms with Crippen molar-refractivity contribution >= 4 is 0 Å². The van der Waals surface area contributed by atoms with Crippen molar-refractivity contribution in [3.63, 3.8) is 0 Å². The fraction of sp³-hybridized carbons (Fsp3) is 0.200. The first-order valence-electron chi connectivity index (χ1n) is 1.55. The van der Waals surface area contributed by atoms with Crippen molar-refractivity contribution in [2.75, 3.05) is 0 Å². The van der Waals surface area contributed by atoms with Crippen LogP contribution in [0.4, 0.5) is 0 Å². The fourth-order valence-corrected chi connectivity index (χ4v) is 0.153. The van der Waals surface area contributed by atoms with Crippen molar-refractivity contribution in [1.82, 2.24) is 0 Å². The van der Waals surface area contributed by atoms with Gasteiger partial charge in [0.25, 0.3) is 0 Å². The van der Waals surface area contributed by atoms with E-state index in [-0.39, 0.29) is 0 Å². The number of rotatable bonds is 0. The lowest BCUT2D eigenvalue weighted by Gasteiger charge is -1.49. The Morgan fingerprint density at radius 2 is 2.60 bits per heavy atom. The number of allylic oxidation sites excluding steroid dienone is 2. The van der Waals surface area contributed by atoms with Gasteiger partial charge in [0.05, 0.1) is 0 Å². The Balaban J connectivity index is 2.59. The summed E-state index contributed by atoms with van der Waals surface area (Å²) in [7, 11) is 0. The molecular formula is C5H3. The zero-order chi connectivity index (χ0) is 3.70. The topological polar surface area (TPSA) is 0 Å². The smallest absolute Gasteiger partial charge is 0.00324 e. The van der Waals surface area contributed by atoms with Crippen LogP contribution in [0.3, 0.4) is 0 Å². The quantitative estimate of drug-likeness (QED) is 0.366. The van der Waals surface area contributed by atoms with Gasteiger partial charge in [-0.3, -0.25) is 0 Å². The highest BCUT2D eigenvalue weighted by Gasteiger charge is 1.99.